The van der Waals surface area contributed by atoms with E-state index in [4.69, 9.17) is 0 Å². The van der Waals surface area contributed by atoms with Gasteiger partial charge in [-0.25, -0.2) is 0 Å². The van der Waals surface area contributed by atoms with Crippen LogP contribution in [0, 0.1) is 0 Å². The van der Waals surface area contributed by atoms with Crippen LogP contribution in [0.5, 0.6) is 0 Å². The Morgan fingerprint density at radius 3 is 3.15 bits per heavy atom. The van der Waals surface area contributed by atoms with Gasteiger partial charge >= 0.3 is 0 Å². The van der Waals surface area contributed by atoms with Crippen LogP contribution in [0.15, 0.2) is 47.1 Å². The molecular formula is C14H16N4S2. The summed E-state index contributed by atoms with van der Waals surface area (Å²) in [5, 5.41) is 4.64. The van der Waals surface area contributed by atoms with Gasteiger partial charge in [-0.1, -0.05) is 6.07 Å². The minimum Gasteiger partial charge on any atom is -0.361 e. The van der Waals surface area contributed by atoms with Crippen molar-refractivity contribution in [2.24, 2.45) is 0 Å². The van der Waals surface area contributed by atoms with E-state index in [1.165, 1.54) is 20.7 Å². The van der Waals surface area contributed by atoms with Crippen LogP contribution in [0.3, 0.4) is 0 Å². The summed E-state index contributed by atoms with van der Waals surface area (Å²) in [5.74, 6) is 0. The average Bonchev–Trinajstić information content (AvgIpc) is 3.13. The zero-order chi connectivity index (χ0) is 13.6. The minimum atomic E-state index is 0.894. The zero-order valence-corrected chi connectivity index (χ0v) is 12.6. The quantitative estimate of drug-likeness (QED) is 0.464. The van der Waals surface area contributed by atoms with Crippen molar-refractivity contribution in [3.63, 3.8) is 0 Å². The van der Waals surface area contributed by atoms with E-state index in [1.807, 2.05) is 17.9 Å². The summed E-state index contributed by atoms with van der Waals surface area (Å²) in [5.41, 5.74) is 3.04. The Hall–Kier alpha value is -1.34. The molecule has 0 saturated heterocycles. The molecule has 4 nitrogen and oxygen atoms in total. The SMILES string of the molecule is c1cc2ccc(SNCCNCc3cncs3)cc2[nH]1. The molecule has 0 amide bonds. The Morgan fingerprint density at radius 1 is 1.25 bits per heavy atom. The van der Waals surface area contributed by atoms with Crippen molar-refractivity contribution in [3.05, 3.63) is 47.0 Å². The summed E-state index contributed by atoms with van der Waals surface area (Å²) in [7, 11) is 0. The largest absolute Gasteiger partial charge is 0.361 e. The third-order valence-corrected chi connectivity index (χ3v) is 4.52. The number of thiazole rings is 1. The molecule has 0 aliphatic carbocycles. The van der Waals surface area contributed by atoms with Gasteiger partial charge in [-0.05, 0) is 35.5 Å². The van der Waals surface area contributed by atoms with Crippen molar-refractivity contribution in [2.75, 3.05) is 13.1 Å². The number of nitrogens with zero attached hydrogens (tertiary/aromatic N) is 1. The van der Waals surface area contributed by atoms with Gasteiger partial charge in [-0.3, -0.25) is 9.71 Å². The third kappa shape index (κ3) is 3.61. The molecule has 3 aromatic rings. The van der Waals surface area contributed by atoms with Crippen LogP contribution < -0.4 is 10.0 Å². The first-order valence-electron chi connectivity index (χ1n) is 6.47. The van der Waals surface area contributed by atoms with Crippen molar-refractivity contribution in [1.29, 1.82) is 0 Å². The lowest BCUT2D eigenvalue weighted by atomic mass is 10.2. The van der Waals surface area contributed by atoms with Gasteiger partial charge in [0.25, 0.3) is 0 Å². The monoisotopic (exact) mass is 304 g/mol. The molecular weight excluding hydrogens is 288 g/mol. The van der Waals surface area contributed by atoms with E-state index in [9.17, 15) is 0 Å². The summed E-state index contributed by atoms with van der Waals surface area (Å²) < 4.78 is 3.37. The number of H-pyrrole nitrogens is 1. The highest BCUT2D eigenvalue weighted by Gasteiger charge is 1.98. The Kier molecular flexibility index (Phi) is 4.70. The molecule has 6 heteroatoms. The van der Waals surface area contributed by atoms with Gasteiger partial charge in [-0.2, -0.15) is 0 Å². The topological polar surface area (TPSA) is 52.7 Å². The van der Waals surface area contributed by atoms with E-state index in [0.29, 0.717) is 0 Å². The number of hydrogen-bond donors (Lipinski definition) is 3. The summed E-state index contributed by atoms with van der Waals surface area (Å²) in [4.78, 5) is 9.78. The molecule has 0 aliphatic rings. The van der Waals surface area contributed by atoms with Crippen molar-refractivity contribution >= 4 is 34.2 Å². The van der Waals surface area contributed by atoms with E-state index in [2.05, 4.69) is 44.3 Å². The van der Waals surface area contributed by atoms with Crippen molar-refractivity contribution < 1.29 is 0 Å². The van der Waals surface area contributed by atoms with Crippen molar-refractivity contribution in [3.8, 4) is 0 Å². The number of fused-ring (bicyclic) bond motifs is 1. The number of rotatable bonds is 7. The first-order valence-corrected chi connectivity index (χ1v) is 8.16. The van der Waals surface area contributed by atoms with Gasteiger partial charge in [-0.15, -0.1) is 11.3 Å². The van der Waals surface area contributed by atoms with Crippen LogP contribution in [0.25, 0.3) is 10.9 Å². The van der Waals surface area contributed by atoms with Crippen LogP contribution in [-0.4, -0.2) is 23.1 Å². The van der Waals surface area contributed by atoms with Crippen molar-refractivity contribution in [2.45, 2.75) is 11.4 Å². The molecule has 0 bridgehead atoms. The van der Waals surface area contributed by atoms with Crippen LogP contribution in [0.4, 0.5) is 0 Å². The maximum atomic E-state index is 4.05. The molecule has 3 N–H and O–H groups in total. The van der Waals surface area contributed by atoms with Crippen molar-refractivity contribution in [1.82, 2.24) is 20.0 Å². The Morgan fingerprint density at radius 2 is 2.25 bits per heavy atom. The second-order valence-corrected chi connectivity index (χ2v) is 6.30. The Labute approximate surface area is 126 Å². The highest BCUT2D eigenvalue weighted by molar-refractivity contribution is 7.97. The molecule has 0 spiro atoms. The molecule has 2 aromatic heterocycles. The smallest absolute Gasteiger partial charge is 0.0794 e. The third-order valence-electron chi connectivity index (χ3n) is 2.90. The van der Waals surface area contributed by atoms with E-state index in [0.717, 1.165) is 19.6 Å². The fourth-order valence-corrected chi connectivity index (χ4v) is 3.15. The second kappa shape index (κ2) is 6.90. The number of nitrogens with one attached hydrogen (secondary N) is 3. The molecule has 104 valence electrons. The predicted octanol–water partition coefficient (Wildman–Crippen LogP) is 3.01. The fourth-order valence-electron chi connectivity index (χ4n) is 1.91. The first kappa shape index (κ1) is 13.6. The summed E-state index contributed by atoms with van der Waals surface area (Å²) in [6.45, 7) is 2.76. The zero-order valence-electron chi connectivity index (χ0n) is 10.9. The predicted molar refractivity (Wildman–Crippen MR) is 86.0 cm³/mol. The van der Waals surface area contributed by atoms with Gasteiger partial charge in [0.2, 0.25) is 0 Å². The van der Waals surface area contributed by atoms with Gasteiger partial charge in [0.15, 0.2) is 0 Å². The highest BCUT2D eigenvalue weighted by atomic mass is 32.2. The Balaban J connectivity index is 1.37. The molecule has 2 heterocycles. The summed E-state index contributed by atoms with van der Waals surface area (Å²) in [6, 6.07) is 8.52. The molecule has 0 fully saturated rings. The van der Waals surface area contributed by atoms with Gasteiger partial charge < -0.3 is 10.3 Å². The van der Waals surface area contributed by atoms with E-state index in [-0.39, 0.29) is 0 Å². The second-order valence-electron chi connectivity index (χ2n) is 4.37. The van der Waals surface area contributed by atoms with Crippen LogP contribution in [-0.2, 0) is 6.54 Å². The normalized spacial score (nSPS) is 11.2. The van der Waals surface area contributed by atoms with E-state index < -0.39 is 0 Å². The summed E-state index contributed by atoms with van der Waals surface area (Å²) in [6.07, 6.45) is 3.88. The van der Waals surface area contributed by atoms with E-state index >= 15 is 0 Å². The molecule has 20 heavy (non-hydrogen) atoms. The highest BCUT2D eigenvalue weighted by Crippen LogP contribution is 2.20. The molecule has 0 atom stereocenters. The lowest BCUT2D eigenvalue weighted by Crippen LogP contribution is -2.23. The molecule has 1 aromatic carbocycles. The lowest BCUT2D eigenvalue weighted by Gasteiger charge is -2.05. The minimum absolute atomic E-state index is 0.894. The first-order chi connectivity index (χ1) is 9.92. The molecule has 0 saturated carbocycles. The average molecular weight is 304 g/mol. The van der Waals surface area contributed by atoms with Crippen LogP contribution >= 0.6 is 23.3 Å². The number of benzene rings is 1. The summed E-state index contributed by atoms with van der Waals surface area (Å²) >= 11 is 3.35. The van der Waals surface area contributed by atoms with Crippen LogP contribution in [0.2, 0.25) is 0 Å². The van der Waals surface area contributed by atoms with Crippen LogP contribution in [0.1, 0.15) is 4.88 Å². The molecule has 0 aliphatic heterocycles. The molecule has 0 radical (unpaired) electrons. The standard InChI is InChI=1S/C14H16N4S2/c1-2-12(7-14-11(1)3-4-17-14)20-18-6-5-15-8-13-9-16-10-19-13/h1-4,7,9-10,15,17-18H,5-6,8H2. The molecule has 0 unspecified atom stereocenters. The van der Waals surface area contributed by atoms with E-state index in [1.54, 1.807) is 23.3 Å². The fraction of sp³-hybridized carbons (Fsp3) is 0.214. The van der Waals surface area contributed by atoms with Gasteiger partial charge in [0, 0.05) is 47.3 Å². The number of hydrogen-bond acceptors (Lipinski definition) is 5. The van der Waals surface area contributed by atoms with Gasteiger partial charge in [0.05, 0.1) is 5.51 Å². The maximum Gasteiger partial charge on any atom is 0.0794 e. The lowest BCUT2D eigenvalue weighted by molar-refractivity contribution is 0.687. The maximum absolute atomic E-state index is 4.05. The molecule has 3 rings (SSSR count). The van der Waals surface area contributed by atoms with Gasteiger partial charge in [0.1, 0.15) is 0 Å². The number of aromatic nitrogens is 2. The Bertz CT molecular complexity index is 648. The number of aromatic amines is 1.